The lowest BCUT2D eigenvalue weighted by molar-refractivity contribution is -0.143. The molecule has 0 bridgehead atoms. The molecule has 2 rings (SSSR count). The van der Waals surface area contributed by atoms with E-state index in [0.717, 1.165) is 32.7 Å². The Bertz CT molecular complexity index is 343. The molecule has 0 saturated carbocycles. The molecular weight excluding hydrogens is 262 g/mol. The minimum atomic E-state index is -0.213. The van der Waals surface area contributed by atoms with E-state index in [2.05, 4.69) is 9.80 Å². The summed E-state index contributed by atoms with van der Waals surface area (Å²) in [7, 11) is 0. The minimum Gasteiger partial charge on any atom is -0.466 e. The number of hydrogen-bond acceptors (Lipinski definition) is 6. The van der Waals surface area contributed by atoms with Gasteiger partial charge in [-0.15, -0.1) is 0 Å². The van der Waals surface area contributed by atoms with Crippen LogP contribution in [0.25, 0.3) is 0 Å². The number of ether oxygens (including phenoxy) is 2. The summed E-state index contributed by atoms with van der Waals surface area (Å²) in [6.45, 7) is 8.49. The maximum atomic E-state index is 11.4. The van der Waals surface area contributed by atoms with Crippen LogP contribution in [0, 0.1) is 0 Å². The number of carbonyl (C=O) groups is 2. The van der Waals surface area contributed by atoms with Crippen molar-refractivity contribution in [1.82, 2.24) is 14.7 Å². The largest absolute Gasteiger partial charge is 0.466 e. The normalized spacial score (nSPS) is 21.1. The predicted octanol–water partition coefficient (Wildman–Crippen LogP) is -0.0331. The van der Waals surface area contributed by atoms with Gasteiger partial charge in [0.2, 0.25) is 0 Å². The third-order valence-electron chi connectivity index (χ3n) is 3.62. The Morgan fingerprint density at radius 1 is 1.20 bits per heavy atom. The Morgan fingerprint density at radius 2 is 1.90 bits per heavy atom. The van der Waals surface area contributed by atoms with Crippen molar-refractivity contribution in [2.45, 2.75) is 13.3 Å². The Balaban J connectivity index is 1.62. The fraction of sp³-hybridized carbons (Fsp3) is 0.846. The fourth-order valence-electron chi connectivity index (χ4n) is 2.43. The number of hydrogen-bond donors (Lipinski definition) is 0. The molecule has 1 amide bonds. The molecule has 2 heterocycles. The van der Waals surface area contributed by atoms with Crippen molar-refractivity contribution in [2.24, 2.45) is 0 Å². The van der Waals surface area contributed by atoms with Gasteiger partial charge in [-0.25, -0.2) is 4.79 Å². The average Bonchev–Trinajstić information content (AvgIpc) is 2.84. The predicted molar refractivity (Wildman–Crippen MR) is 72.2 cm³/mol. The molecule has 0 radical (unpaired) electrons. The van der Waals surface area contributed by atoms with Crippen LogP contribution < -0.4 is 0 Å². The molecule has 2 saturated heterocycles. The Morgan fingerprint density at radius 3 is 2.50 bits per heavy atom. The Labute approximate surface area is 119 Å². The zero-order valence-electron chi connectivity index (χ0n) is 12.0. The Hall–Kier alpha value is -1.34. The number of piperazine rings is 1. The van der Waals surface area contributed by atoms with Crippen LogP contribution in [0.4, 0.5) is 4.79 Å². The van der Waals surface area contributed by atoms with Crippen LogP contribution in [-0.2, 0) is 14.3 Å². The van der Waals surface area contributed by atoms with E-state index >= 15 is 0 Å². The van der Waals surface area contributed by atoms with E-state index in [9.17, 15) is 9.59 Å². The minimum absolute atomic E-state index is 0.130. The van der Waals surface area contributed by atoms with Crippen molar-refractivity contribution in [3.8, 4) is 0 Å². The summed E-state index contributed by atoms with van der Waals surface area (Å²) in [5.41, 5.74) is 0. The second kappa shape index (κ2) is 7.44. The quantitative estimate of drug-likeness (QED) is 0.639. The highest BCUT2D eigenvalue weighted by Gasteiger charge is 2.25. The summed E-state index contributed by atoms with van der Waals surface area (Å²) < 4.78 is 9.84. The van der Waals surface area contributed by atoms with Gasteiger partial charge < -0.3 is 14.4 Å². The number of cyclic esters (lactones) is 1. The van der Waals surface area contributed by atoms with Crippen molar-refractivity contribution in [2.75, 3.05) is 59.2 Å². The highest BCUT2D eigenvalue weighted by Crippen LogP contribution is 2.08. The van der Waals surface area contributed by atoms with Crippen LogP contribution in [0.15, 0.2) is 0 Å². The molecule has 2 fully saturated rings. The Kier molecular flexibility index (Phi) is 5.60. The fourth-order valence-corrected chi connectivity index (χ4v) is 2.43. The zero-order chi connectivity index (χ0) is 14.4. The number of carbonyl (C=O) groups excluding carboxylic acids is 2. The number of amides is 1. The highest BCUT2D eigenvalue weighted by molar-refractivity contribution is 5.69. The van der Waals surface area contributed by atoms with E-state index in [1.54, 1.807) is 4.90 Å². The molecule has 0 aromatic rings. The van der Waals surface area contributed by atoms with E-state index < -0.39 is 0 Å². The molecule has 0 aromatic carbocycles. The first-order valence-corrected chi connectivity index (χ1v) is 7.21. The molecule has 0 unspecified atom stereocenters. The van der Waals surface area contributed by atoms with Crippen molar-refractivity contribution < 1.29 is 19.1 Å². The first kappa shape index (κ1) is 15.1. The number of rotatable bonds is 6. The maximum Gasteiger partial charge on any atom is 0.410 e. The molecule has 0 aromatic heterocycles. The van der Waals surface area contributed by atoms with Gasteiger partial charge in [-0.1, -0.05) is 0 Å². The van der Waals surface area contributed by atoms with E-state index in [1.807, 2.05) is 6.92 Å². The van der Waals surface area contributed by atoms with Crippen LogP contribution >= 0.6 is 0 Å². The molecule has 0 spiro atoms. The van der Waals surface area contributed by atoms with Crippen LogP contribution in [0.3, 0.4) is 0 Å². The van der Waals surface area contributed by atoms with Gasteiger partial charge in [-0.05, 0) is 6.92 Å². The van der Waals surface area contributed by atoms with Gasteiger partial charge in [-0.2, -0.15) is 0 Å². The van der Waals surface area contributed by atoms with Crippen molar-refractivity contribution in [1.29, 1.82) is 0 Å². The van der Waals surface area contributed by atoms with Gasteiger partial charge >= 0.3 is 12.1 Å². The van der Waals surface area contributed by atoms with E-state index in [-0.39, 0.29) is 12.1 Å². The summed E-state index contributed by atoms with van der Waals surface area (Å²) in [4.78, 5) is 28.9. The molecule has 2 aliphatic rings. The standard InChI is InChI=1S/C13H23N3O4/c1-2-19-12(17)3-4-14-5-7-15(8-6-14)11-16-9-10-20-13(16)18/h2-11H2,1H3. The molecular formula is C13H23N3O4. The average molecular weight is 285 g/mol. The molecule has 7 nitrogen and oxygen atoms in total. The highest BCUT2D eigenvalue weighted by atomic mass is 16.6. The maximum absolute atomic E-state index is 11.4. The first-order chi connectivity index (χ1) is 9.69. The van der Waals surface area contributed by atoms with E-state index in [0.29, 0.717) is 32.8 Å². The summed E-state index contributed by atoms with van der Waals surface area (Å²) in [5.74, 6) is -0.130. The van der Waals surface area contributed by atoms with E-state index in [4.69, 9.17) is 9.47 Å². The second-order valence-corrected chi connectivity index (χ2v) is 5.03. The van der Waals surface area contributed by atoms with Crippen LogP contribution in [0.1, 0.15) is 13.3 Å². The van der Waals surface area contributed by atoms with Gasteiger partial charge in [0.05, 0.1) is 26.2 Å². The van der Waals surface area contributed by atoms with Gasteiger partial charge in [0.1, 0.15) is 6.61 Å². The lowest BCUT2D eigenvalue weighted by atomic mass is 10.3. The molecule has 0 N–H and O–H groups in total. The van der Waals surface area contributed by atoms with Crippen LogP contribution in [-0.4, -0.2) is 85.9 Å². The SMILES string of the molecule is CCOC(=O)CCN1CCN(CN2CCOC2=O)CC1. The number of esters is 1. The number of nitrogens with zero attached hydrogens (tertiary/aromatic N) is 3. The third-order valence-corrected chi connectivity index (χ3v) is 3.62. The molecule has 114 valence electrons. The summed E-state index contributed by atoms with van der Waals surface area (Å²) in [6.07, 6.45) is 0.237. The van der Waals surface area contributed by atoms with Crippen molar-refractivity contribution in [3.05, 3.63) is 0 Å². The van der Waals surface area contributed by atoms with Gasteiger partial charge in [-0.3, -0.25) is 14.6 Å². The van der Waals surface area contributed by atoms with Crippen molar-refractivity contribution in [3.63, 3.8) is 0 Å². The lowest BCUT2D eigenvalue weighted by Crippen LogP contribution is -2.50. The summed E-state index contributed by atoms with van der Waals surface area (Å²) >= 11 is 0. The first-order valence-electron chi connectivity index (χ1n) is 7.21. The van der Waals surface area contributed by atoms with Gasteiger partial charge in [0, 0.05) is 32.7 Å². The topological polar surface area (TPSA) is 62.3 Å². The molecule has 20 heavy (non-hydrogen) atoms. The van der Waals surface area contributed by atoms with Gasteiger partial charge in [0.15, 0.2) is 0 Å². The van der Waals surface area contributed by atoms with Crippen molar-refractivity contribution >= 4 is 12.1 Å². The van der Waals surface area contributed by atoms with E-state index in [1.165, 1.54) is 0 Å². The lowest BCUT2D eigenvalue weighted by Gasteiger charge is -2.35. The van der Waals surface area contributed by atoms with Crippen LogP contribution in [0.5, 0.6) is 0 Å². The molecule has 2 aliphatic heterocycles. The monoisotopic (exact) mass is 285 g/mol. The van der Waals surface area contributed by atoms with Crippen LogP contribution in [0.2, 0.25) is 0 Å². The summed E-state index contributed by atoms with van der Waals surface area (Å²) in [6, 6.07) is 0. The molecule has 7 heteroatoms. The zero-order valence-corrected chi connectivity index (χ0v) is 12.0. The second-order valence-electron chi connectivity index (χ2n) is 5.03. The van der Waals surface area contributed by atoms with Gasteiger partial charge in [0.25, 0.3) is 0 Å². The summed E-state index contributed by atoms with van der Waals surface area (Å²) in [5, 5.41) is 0. The molecule has 0 atom stereocenters. The third kappa shape index (κ3) is 4.35. The smallest absolute Gasteiger partial charge is 0.410 e. The molecule has 0 aliphatic carbocycles.